The number of anilines is 1. The van der Waals surface area contributed by atoms with E-state index in [0.717, 1.165) is 61.3 Å². The number of pyridine rings is 1. The summed E-state index contributed by atoms with van der Waals surface area (Å²) in [4.78, 5) is 20.9. The highest BCUT2D eigenvalue weighted by molar-refractivity contribution is 5.57. The summed E-state index contributed by atoms with van der Waals surface area (Å²) in [7, 11) is 0. The Morgan fingerprint density at radius 2 is 1.68 bits per heavy atom. The lowest BCUT2D eigenvalue weighted by molar-refractivity contribution is 0.242. The van der Waals surface area contributed by atoms with E-state index in [1.807, 2.05) is 31.2 Å². The van der Waals surface area contributed by atoms with Crippen LogP contribution in [0.15, 0.2) is 53.6 Å². The first-order chi connectivity index (χ1) is 15.2. The largest absolute Gasteiger partial charge is 0.353 e. The molecule has 10 heteroatoms. The minimum atomic E-state index is -0.0849. The van der Waals surface area contributed by atoms with Gasteiger partial charge in [-0.3, -0.25) is 14.7 Å². The molecule has 0 bridgehead atoms. The third-order valence-electron chi connectivity index (χ3n) is 5.57. The van der Waals surface area contributed by atoms with Crippen molar-refractivity contribution in [1.82, 2.24) is 39.5 Å². The fraction of sp³-hybridized carbons (Fsp3) is 0.333. The van der Waals surface area contributed by atoms with Crippen LogP contribution in [0.25, 0.3) is 16.9 Å². The second-order valence-electron chi connectivity index (χ2n) is 7.55. The lowest BCUT2D eigenvalue weighted by atomic mass is 10.2. The number of fused-ring (bicyclic) bond motifs is 1. The third-order valence-corrected chi connectivity index (χ3v) is 5.57. The molecule has 0 aliphatic carbocycles. The van der Waals surface area contributed by atoms with Crippen LogP contribution in [0.5, 0.6) is 0 Å². The predicted molar refractivity (Wildman–Crippen MR) is 116 cm³/mol. The van der Waals surface area contributed by atoms with E-state index in [9.17, 15) is 4.79 Å². The lowest BCUT2D eigenvalue weighted by Gasteiger charge is -2.35. The average Bonchev–Trinajstić information content (AvgIpc) is 3.19. The number of rotatable bonds is 5. The van der Waals surface area contributed by atoms with Crippen LogP contribution in [-0.2, 0) is 6.54 Å². The molecule has 1 fully saturated rings. The highest BCUT2D eigenvalue weighted by atomic mass is 16.1. The Hall–Kier alpha value is -3.66. The molecule has 0 amide bonds. The van der Waals surface area contributed by atoms with Crippen LogP contribution >= 0.6 is 0 Å². The highest BCUT2D eigenvalue weighted by Gasteiger charge is 2.19. The number of aromatic nitrogens is 7. The maximum atomic E-state index is 12.3. The Kier molecular flexibility index (Phi) is 5.13. The molecular weight excluding hydrogens is 394 g/mol. The fourth-order valence-electron chi connectivity index (χ4n) is 3.78. The van der Waals surface area contributed by atoms with E-state index in [4.69, 9.17) is 0 Å². The SMILES string of the molecule is Cc1nnc2ccc(N3CCN(CCn4nc(-c5ccncc5)ccc4=O)CC3)nn12. The van der Waals surface area contributed by atoms with E-state index in [1.54, 1.807) is 33.7 Å². The van der Waals surface area contributed by atoms with Gasteiger partial charge in [0.05, 0.1) is 12.2 Å². The van der Waals surface area contributed by atoms with Crippen molar-refractivity contribution in [3.63, 3.8) is 0 Å². The Morgan fingerprint density at radius 1 is 0.871 bits per heavy atom. The Labute approximate surface area is 178 Å². The van der Waals surface area contributed by atoms with Crippen molar-refractivity contribution in [1.29, 1.82) is 0 Å². The van der Waals surface area contributed by atoms with Crippen molar-refractivity contribution in [2.24, 2.45) is 0 Å². The molecule has 10 nitrogen and oxygen atoms in total. The van der Waals surface area contributed by atoms with Crippen LogP contribution in [-0.4, -0.2) is 72.2 Å². The van der Waals surface area contributed by atoms with Crippen molar-refractivity contribution >= 4 is 11.5 Å². The Balaban J connectivity index is 1.21. The molecule has 4 aromatic rings. The fourth-order valence-corrected chi connectivity index (χ4v) is 3.78. The normalized spacial score (nSPS) is 14.9. The Bertz CT molecular complexity index is 1240. The second-order valence-corrected chi connectivity index (χ2v) is 7.55. The summed E-state index contributed by atoms with van der Waals surface area (Å²) in [5.41, 5.74) is 2.40. The zero-order chi connectivity index (χ0) is 21.2. The van der Waals surface area contributed by atoms with E-state index in [1.165, 1.54) is 0 Å². The maximum absolute atomic E-state index is 12.3. The van der Waals surface area contributed by atoms with Crippen LogP contribution in [0, 0.1) is 6.92 Å². The molecule has 1 aliphatic rings. The molecule has 5 heterocycles. The van der Waals surface area contributed by atoms with E-state index in [2.05, 4.69) is 35.2 Å². The minimum Gasteiger partial charge on any atom is -0.353 e. The molecule has 4 aromatic heterocycles. The molecule has 0 aromatic carbocycles. The number of nitrogens with zero attached hydrogens (tertiary/aromatic N) is 9. The summed E-state index contributed by atoms with van der Waals surface area (Å²) in [5.74, 6) is 1.71. The van der Waals surface area contributed by atoms with Gasteiger partial charge in [-0.25, -0.2) is 4.68 Å². The van der Waals surface area contributed by atoms with Crippen molar-refractivity contribution in [2.45, 2.75) is 13.5 Å². The summed E-state index contributed by atoms with van der Waals surface area (Å²) >= 11 is 0. The van der Waals surface area contributed by atoms with Crippen LogP contribution in [0.4, 0.5) is 5.82 Å². The van der Waals surface area contributed by atoms with Gasteiger partial charge in [-0.15, -0.1) is 15.3 Å². The number of aryl methyl sites for hydroxylation is 1. The van der Waals surface area contributed by atoms with Crippen molar-refractivity contribution in [3.05, 3.63) is 65.0 Å². The lowest BCUT2D eigenvalue weighted by Crippen LogP contribution is -2.48. The molecule has 158 valence electrons. The average molecular weight is 417 g/mol. The van der Waals surface area contributed by atoms with Crippen molar-refractivity contribution in [3.8, 4) is 11.3 Å². The summed E-state index contributed by atoms with van der Waals surface area (Å²) in [5, 5.41) is 17.4. The molecule has 31 heavy (non-hydrogen) atoms. The van der Waals surface area contributed by atoms with Gasteiger partial charge in [0, 0.05) is 56.7 Å². The third kappa shape index (κ3) is 4.02. The highest BCUT2D eigenvalue weighted by Crippen LogP contribution is 2.15. The maximum Gasteiger partial charge on any atom is 0.266 e. The quantitative estimate of drug-likeness (QED) is 0.472. The second kappa shape index (κ2) is 8.23. The molecule has 0 atom stereocenters. The van der Waals surface area contributed by atoms with Gasteiger partial charge in [-0.1, -0.05) is 0 Å². The standard InChI is InChI=1S/C21H23N9O/c1-16-23-24-19-3-4-20(26-30(16)19)28-13-10-27(11-14-28)12-15-29-21(31)5-2-18(25-29)17-6-8-22-9-7-17/h2-9H,10-15H2,1H3. The van der Waals surface area contributed by atoms with Crippen LogP contribution < -0.4 is 10.5 Å². The first-order valence-corrected chi connectivity index (χ1v) is 10.3. The van der Waals surface area contributed by atoms with E-state index in [0.29, 0.717) is 6.54 Å². The molecule has 0 spiro atoms. The Morgan fingerprint density at radius 3 is 2.48 bits per heavy atom. The summed E-state index contributed by atoms with van der Waals surface area (Å²) in [6, 6.07) is 11.1. The smallest absolute Gasteiger partial charge is 0.266 e. The molecule has 1 aliphatic heterocycles. The summed E-state index contributed by atoms with van der Waals surface area (Å²) in [6.07, 6.45) is 3.45. The molecule has 0 N–H and O–H groups in total. The van der Waals surface area contributed by atoms with Crippen molar-refractivity contribution in [2.75, 3.05) is 37.6 Å². The van der Waals surface area contributed by atoms with Crippen LogP contribution in [0.3, 0.4) is 0 Å². The molecule has 0 saturated carbocycles. The summed E-state index contributed by atoms with van der Waals surface area (Å²) in [6.45, 7) is 6.78. The predicted octanol–water partition coefficient (Wildman–Crippen LogP) is 0.874. The van der Waals surface area contributed by atoms with Crippen molar-refractivity contribution < 1.29 is 0 Å². The van der Waals surface area contributed by atoms with Gasteiger partial charge < -0.3 is 4.90 Å². The van der Waals surface area contributed by atoms with E-state index < -0.39 is 0 Å². The monoisotopic (exact) mass is 417 g/mol. The van der Waals surface area contributed by atoms with Gasteiger partial charge in [-0.2, -0.15) is 9.61 Å². The van der Waals surface area contributed by atoms with Gasteiger partial charge in [0.2, 0.25) is 0 Å². The van der Waals surface area contributed by atoms with Gasteiger partial charge in [0.25, 0.3) is 5.56 Å². The molecule has 1 saturated heterocycles. The molecule has 0 unspecified atom stereocenters. The van der Waals surface area contributed by atoms with E-state index in [-0.39, 0.29) is 5.56 Å². The topological polar surface area (TPSA) is 97.3 Å². The first-order valence-electron chi connectivity index (χ1n) is 10.3. The molecular formula is C21H23N9O. The van der Waals surface area contributed by atoms with Gasteiger partial charge >= 0.3 is 0 Å². The van der Waals surface area contributed by atoms with Crippen LogP contribution in [0.2, 0.25) is 0 Å². The number of hydrogen-bond donors (Lipinski definition) is 0. The van der Waals surface area contributed by atoms with Gasteiger partial charge in [0.15, 0.2) is 11.5 Å². The minimum absolute atomic E-state index is 0.0849. The first kappa shape index (κ1) is 19.3. The number of hydrogen-bond acceptors (Lipinski definition) is 8. The zero-order valence-electron chi connectivity index (χ0n) is 17.3. The van der Waals surface area contributed by atoms with Gasteiger partial charge in [-0.05, 0) is 37.3 Å². The molecule has 0 radical (unpaired) electrons. The number of piperazine rings is 1. The molecule has 5 rings (SSSR count). The van der Waals surface area contributed by atoms with Crippen LogP contribution in [0.1, 0.15) is 5.82 Å². The summed E-state index contributed by atoms with van der Waals surface area (Å²) < 4.78 is 3.32. The van der Waals surface area contributed by atoms with Gasteiger partial charge in [0.1, 0.15) is 5.82 Å². The zero-order valence-corrected chi connectivity index (χ0v) is 17.3. The van der Waals surface area contributed by atoms with E-state index >= 15 is 0 Å².